The molecule has 0 aliphatic heterocycles. The molecule has 0 atom stereocenters. The summed E-state index contributed by atoms with van der Waals surface area (Å²) in [5.74, 6) is 0.962. The van der Waals surface area contributed by atoms with Crippen LogP contribution in [0.15, 0.2) is 29.0 Å². The third-order valence-electron chi connectivity index (χ3n) is 2.97. The molecular formula is C15H16ClNO3S. The molecule has 0 aliphatic rings. The molecule has 4 nitrogen and oxygen atoms in total. The summed E-state index contributed by atoms with van der Waals surface area (Å²) in [6.07, 6.45) is 1.11. The second kappa shape index (κ2) is 7.33. The Balaban J connectivity index is 2.03. The van der Waals surface area contributed by atoms with E-state index in [1.807, 2.05) is 16.8 Å². The highest BCUT2D eigenvalue weighted by Crippen LogP contribution is 2.36. The van der Waals surface area contributed by atoms with E-state index in [2.05, 4.69) is 5.32 Å². The number of ether oxygens (including phenoxy) is 2. The van der Waals surface area contributed by atoms with E-state index in [1.165, 1.54) is 14.2 Å². The Labute approximate surface area is 132 Å². The van der Waals surface area contributed by atoms with Gasteiger partial charge < -0.3 is 14.8 Å². The number of benzene rings is 1. The predicted molar refractivity (Wildman–Crippen MR) is 85.8 cm³/mol. The van der Waals surface area contributed by atoms with Crippen LogP contribution in [-0.4, -0.2) is 20.1 Å². The number of amides is 1. The maximum atomic E-state index is 12.0. The number of halogens is 1. The Kier molecular flexibility index (Phi) is 5.47. The Morgan fingerprint density at radius 1 is 1.29 bits per heavy atom. The number of hydrogen-bond acceptors (Lipinski definition) is 4. The highest BCUT2D eigenvalue weighted by Gasteiger charge is 2.12. The van der Waals surface area contributed by atoms with Crippen LogP contribution in [0, 0.1) is 0 Å². The molecule has 21 heavy (non-hydrogen) atoms. The van der Waals surface area contributed by atoms with Crippen LogP contribution in [0.2, 0.25) is 5.02 Å². The van der Waals surface area contributed by atoms with E-state index in [0.717, 1.165) is 5.56 Å². The Hall–Kier alpha value is -1.72. The topological polar surface area (TPSA) is 47.6 Å². The molecule has 2 rings (SSSR count). The number of rotatable bonds is 6. The average Bonchev–Trinajstić information content (AvgIpc) is 3.00. The van der Waals surface area contributed by atoms with E-state index >= 15 is 0 Å². The first kappa shape index (κ1) is 15.7. The molecule has 1 N–H and O–H groups in total. The summed E-state index contributed by atoms with van der Waals surface area (Å²) >= 11 is 7.76. The number of methoxy groups -OCH3 is 2. The maximum Gasteiger partial charge on any atom is 0.224 e. The zero-order chi connectivity index (χ0) is 15.2. The molecule has 0 unspecified atom stereocenters. The summed E-state index contributed by atoms with van der Waals surface area (Å²) in [5.41, 5.74) is 1.68. The van der Waals surface area contributed by atoms with Crippen molar-refractivity contribution in [3.05, 3.63) is 39.5 Å². The molecule has 0 radical (unpaired) electrons. The molecule has 1 aromatic carbocycles. The summed E-state index contributed by atoms with van der Waals surface area (Å²) in [4.78, 5) is 12.0. The first-order valence-electron chi connectivity index (χ1n) is 6.36. The lowest BCUT2D eigenvalue weighted by Gasteiger charge is -2.12. The first-order chi connectivity index (χ1) is 10.1. The van der Waals surface area contributed by atoms with Crippen LogP contribution in [0.3, 0.4) is 0 Å². The molecule has 0 spiro atoms. The van der Waals surface area contributed by atoms with Gasteiger partial charge in [-0.05, 0) is 28.8 Å². The Morgan fingerprint density at radius 3 is 2.62 bits per heavy atom. The largest absolute Gasteiger partial charge is 0.493 e. The minimum atomic E-state index is -0.0877. The van der Waals surface area contributed by atoms with E-state index in [1.54, 1.807) is 23.5 Å². The van der Waals surface area contributed by atoms with Crippen LogP contribution in [0.1, 0.15) is 12.0 Å². The molecule has 1 heterocycles. The van der Waals surface area contributed by atoms with Crippen molar-refractivity contribution in [2.75, 3.05) is 19.5 Å². The Morgan fingerprint density at radius 2 is 2.00 bits per heavy atom. The minimum absolute atomic E-state index is 0.0877. The van der Waals surface area contributed by atoms with Crippen molar-refractivity contribution in [2.24, 2.45) is 0 Å². The molecule has 1 aromatic heterocycles. The molecule has 0 saturated carbocycles. The van der Waals surface area contributed by atoms with Gasteiger partial charge in [0.15, 0.2) is 11.5 Å². The third kappa shape index (κ3) is 4.12. The molecule has 1 amide bonds. The smallest absolute Gasteiger partial charge is 0.224 e. The number of aryl methyl sites for hydroxylation is 1. The van der Waals surface area contributed by atoms with E-state index in [4.69, 9.17) is 21.1 Å². The number of nitrogens with one attached hydrogen (secondary N) is 1. The molecule has 112 valence electrons. The molecule has 2 aromatic rings. The monoisotopic (exact) mass is 325 g/mol. The van der Waals surface area contributed by atoms with Crippen LogP contribution >= 0.6 is 22.9 Å². The van der Waals surface area contributed by atoms with Crippen molar-refractivity contribution in [3.63, 3.8) is 0 Å². The Bertz CT molecular complexity index is 614. The normalized spacial score (nSPS) is 10.2. The predicted octanol–water partition coefficient (Wildman–Crippen LogP) is 3.99. The quantitative estimate of drug-likeness (QED) is 0.873. The number of anilines is 1. The van der Waals surface area contributed by atoms with Gasteiger partial charge in [0.2, 0.25) is 5.91 Å². The number of thiophene rings is 1. The van der Waals surface area contributed by atoms with E-state index < -0.39 is 0 Å². The van der Waals surface area contributed by atoms with Gasteiger partial charge in [-0.2, -0.15) is 11.3 Å². The molecular weight excluding hydrogens is 310 g/mol. The SMILES string of the molecule is COc1cc(Cl)c(NC(=O)CCc2ccsc2)cc1OC. The molecule has 0 aliphatic carbocycles. The second-order valence-electron chi connectivity index (χ2n) is 4.37. The van der Waals surface area contributed by atoms with Crippen LogP contribution in [0.5, 0.6) is 11.5 Å². The van der Waals surface area contributed by atoms with E-state index in [0.29, 0.717) is 35.1 Å². The van der Waals surface area contributed by atoms with Crippen molar-refractivity contribution in [3.8, 4) is 11.5 Å². The highest BCUT2D eigenvalue weighted by atomic mass is 35.5. The second-order valence-corrected chi connectivity index (χ2v) is 5.55. The van der Waals surface area contributed by atoms with Gasteiger partial charge in [-0.15, -0.1) is 0 Å². The lowest BCUT2D eigenvalue weighted by atomic mass is 10.2. The summed E-state index contributed by atoms with van der Waals surface area (Å²) in [6.45, 7) is 0. The van der Waals surface area contributed by atoms with Crippen molar-refractivity contribution in [2.45, 2.75) is 12.8 Å². The van der Waals surface area contributed by atoms with Crippen molar-refractivity contribution in [1.82, 2.24) is 0 Å². The lowest BCUT2D eigenvalue weighted by Crippen LogP contribution is -2.12. The lowest BCUT2D eigenvalue weighted by molar-refractivity contribution is -0.116. The van der Waals surface area contributed by atoms with Crippen LogP contribution in [-0.2, 0) is 11.2 Å². The fourth-order valence-electron chi connectivity index (χ4n) is 1.86. The van der Waals surface area contributed by atoms with Crippen molar-refractivity contribution < 1.29 is 14.3 Å². The summed E-state index contributed by atoms with van der Waals surface area (Å²) in [5, 5.41) is 7.25. The van der Waals surface area contributed by atoms with E-state index in [9.17, 15) is 4.79 Å². The zero-order valence-corrected chi connectivity index (χ0v) is 13.4. The molecule has 0 fully saturated rings. The standard InChI is InChI=1S/C15H16ClNO3S/c1-19-13-7-11(16)12(8-14(13)20-2)17-15(18)4-3-10-5-6-21-9-10/h5-9H,3-4H2,1-2H3,(H,17,18). The van der Waals surface area contributed by atoms with Gasteiger partial charge in [0.05, 0.1) is 24.9 Å². The van der Waals surface area contributed by atoms with Gasteiger partial charge in [-0.3, -0.25) is 4.79 Å². The molecule has 6 heteroatoms. The molecule has 0 bridgehead atoms. The minimum Gasteiger partial charge on any atom is -0.493 e. The van der Waals surface area contributed by atoms with E-state index in [-0.39, 0.29) is 5.91 Å². The van der Waals surface area contributed by atoms with Crippen LogP contribution in [0.25, 0.3) is 0 Å². The van der Waals surface area contributed by atoms with Gasteiger partial charge in [0.1, 0.15) is 0 Å². The van der Waals surface area contributed by atoms with Crippen molar-refractivity contribution >= 4 is 34.5 Å². The maximum absolute atomic E-state index is 12.0. The fourth-order valence-corrected chi connectivity index (χ4v) is 2.76. The zero-order valence-electron chi connectivity index (χ0n) is 11.8. The number of carbonyl (C=O) groups is 1. The molecule has 0 saturated heterocycles. The van der Waals surface area contributed by atoms with Gasteiger partial charge >= 0.3 is 0 Å². The third-order valence-corrected chi connectivity index (χ3v) is 4.01. The highest BCUT2D eigenvalue weighted by molar-refractivity contribution is 7.07. The van der Waals surface area contributed by atoms with Gasteiger partial charge in [-0.1, -0.05) is 11.6 Å². The van der Waals surface area contributed by atoms with Gasteiger partial charge in [0, 0.05) is 18.6 Å². The summed E-state index contributed by atoms with van der Waals surface area (Å²) in [6, 6.07) is 5.29. The van der Waals surface area contributed by atoms with Crippen LogP contribution < -0.4 is 14.8 Å². The van der Waals surface area contributed by atoms with Crippen LogP contribution in [0.4, 0.5) is 5.69 Å². The van der Waals surface area contributed by atoms with Gasteiger partial charge in [-0.25, -0.2) is 0 Å². The number of carbonyl (C=O) groups excluding carboxylic acids is 1. The summed E-state index contributed by atoms with van der Waals surface area (Å²) < 4.78 is 10.4. The average molecular weight is 326 g/mol. The fraction of sp³-hybridized carbons (Fsp3) is 0.267. The van der Waals surface area contributed by atoms with Gasteiger partial charge in [0.25, 0.3) is 0 Å². The summed E-state index contributed by atoms with van der Waals surface area (Å²) in [7, 11) is 3.07. The van der Waals surface area contributed by atoms with Crippen molar-refractivity contribution in [1.29, 1.82) is 0 Å². The number of hydrogen-bond donors (Lipinski definition) is 1. The first-order valence-corrected chi connectivity index (χ1v) is 7.68.